The van der Waals surface area contributed by atoms with Crippen molar-refractivity contribution in [3.63, 3.8) is 0 Å². The Hall–Kier alpha value is -3.09. The van der Waals surface area contributed by atoms with Crippen LogP contribution in [0.5, 0.6) is 11.5 Å². The second kappa shape index (κ2) is 13.0. The summed E-state index contributed by atoms with van der Waals surface area (Å²) in [6.45, 7) is 5.56. The van der Waals surface area contributed by atoms with Crippen molar-refractivity contribution >= 4 is 11.8 Å². The molecule has 2 aromatic rings. The topological polar surface area (TPSA) is 80.8 Å². The minimum atomic E-state index is -0.448. The van der Waals surface area contributed by atoms with Crippen molar-refractivity contribution in [3.05, 3.63) is 53.9 Å². The first-order chi connectivity index (χ1) is 16.6. The van der Waals surface area contributed by atoms with Gasteiger partial charge in [-0.25, -0.2) is 0 Å². The highest BCUT2D eigenvalue weighted by molar-refractivity contribution is 5.88. The van der Waals surface area contributed by atoms with Crippen molar-refractivity contribution in [3.8, 4) is 11.5 Å². The minimum absolute atomic E-state index is 0.0432. The smallest absolute Gasteiger partial charge is 0.242 e. The summed E-state index contributed by atoms with van der Waals surface area (Å²) in [5, 5.41) is 2.98. The predicted octanol–water partition coefficient (Wildman–Crippen LogP) is 4.15. The van der Waals surface area contributed by atoms with Gasteiger partial charge in [0.2, 0.25) is 11.8 Å². The molecular formula is C27H37N3O4. The number of hydrogen-bond acceptors (Lipinski definition) is 5. The average molecular weight is 468 g/mol. The molecule has 1 aliphatic heterocycles. The van der Waals surface area contributed by atoms with E-state index < -0.39 is 6.04 Å². The number of carbonyl (C=O) groups excluding carboxylic acids is 2. The van der Waals surface area contributed by atoms with Gasteiger partial charge in [-0.3, -0.25) is 14.6 Å². The van der Waals surface area contributed by atoms with Crippen LogP contribution in [0.25, 0.3) is 0 Å². The van der Waals surface area contributed by atoms with Crippen molar-refractivity contribution < 1.29 is 19.1 Å². The molecule has 0 bridgehead atoms. The predicted molar refractivity (Wildman–Crippen MR) is 132 cm³/mol. The molecular weight excluding hydrogens is 430 g/mol. The van der Waals surface area contributed by atoms with Crippen LogP contribution in [0.15, 0.2) is 42.6 Å². The molecule has 0 radical (unpaired) electrons. The van der Waals surface area contributed by atoms with Crippen molar-refractivity contribution in [2.24, 2.45) is 5.92 Å². The molecule has 0 aliphatic carbocycles. The molecule has 2 heterocycles. The second-order valence-corrected chi connectivity index (χ2v) is 8.69. The Bertz CT molecular complexity index is 931. The largest absolute Gasteiger partial charge is 0.493 e. The monoisotopic (exact) mass is 467 g/mol. The quantitative estimate of drug-likeness (QED) is 0.537. The van der Waals surface area contributed by atoms with Gasteiger partial charge in [0, 0.05) is 37.3 Å². The zero-order chi connectivity index (χ0) is 24.3. The number of carbonyl (C=O) groups is 2. The molecule has 0 spiro atoms. The molecule has 1 aromatic carbocycles. The summed E-state index contributed by atoms with van der Waals surface area (Å²) in [6, 6.07) is 11.1. The molecule has 1 aromatic heterocycles. The zero-order valence-electron chi connectivity index (χ0n) is 20.6. The van der Waals surface area contributed by atoms with Gasteiger partial charge in [-0.2, -0.15) is 0 Å². The zero-order valence-corrected chi connectivity index (χ0v) is 20.6. The first-order valence-electron chi connectivity index (χ1n) is 12.3. The van der Waals surface area contributed by atoms with Crippen LogP contribution in [0, 0.1) is 5.92 Å². The van der Waals surface area contributed by atoms with Crippen LogP contribution in [0.4, 0.5) is 0 Å². The van der Waals surface area contributed by atoms with Gasteiger partial charge in [-0.1, -0.05) is 26.0 Å². The standard InChI is InChI=1S/C27H37N3O4/c1-4-21(5-2)27(32)30(23-11-7-9-16-29-26(23)31)19-20-12-13-24(25(18-20)33-3)34-17-14-22-10-6-8-15-28-22/h6,8,10,12-13,15,18,21,23H,4-5,7,9,11,14,16-17,19H2,1-3H3,(H,29,31)/t23-/m0/s1. The lowest BCUT2D eigenvalue weighted by atomic mass is 9.98. The molecule has 184 valence electrons. The summed E-state index contributed by atoms with van der Waals surface area (Å²) in [4.78, 5) is 32.3. The maximum Gasteiger partial charge on any atom is 0.242 e. The normalized spacial score (nSPS) is 16.0. The number of ether oxygens (including phenoxy) is 2. The van der Waals surface area contributed by atoms with E-state index in [0.29, 0.717) is 44.0 Å². The molecule has 34 heavy (non-hydrogen) atoms. The van der Waals surface area contributed by atoms with Crippen molar-refractivity contribution in [1.29, 1.82) is 0 Å². The van der Waals surface area contributed by atoms with Gasteiger partial charge in [0.1, 0.15) is 6.04 Å². The number of hydrogen-bond donors (Lipinski definition) is 1. The number of benzene rings is 1. The van der Waals surface area contributed by atoms with E-state index in [1.165, 1.54) is 0 Å². The molecule has 1 aliphatic rings. The Morgan fingerprint density at radius 3 is 2.71 bits per heavy atom. The molecule has 0 unspecified atom stereocenters. The summed E-state index contributed by atoms with van der Waals surface area (Å²) in [7, 11) is 1.61. The van der Waals surface area contributed by atoms with E-state index in [1.54, 1.807) is 18.2 Å². The van der Waals surface area contributed by atoms with Crippen LogP contribution in [-0.2, 0) is 22.6 Å². The van der Waals surface area contributed by atoms with Gasteiger partial charge in [-0.05, 0) is 61.9 Å². The van der Waals surface area contributed by atoms with Crippen LogP contribution in [0.1, 0.15) is 57.2 Å². The highest BCUT2D eigenvalue weighted by atomic mass is 16.5. The Morgan fingerprint density at radius 2 is 2.00 bits per heavy atom. The van der Waals surface area contributed by atoms with Crippen molar-refractivity contribution in [2.45, 2.75) is 65.0 Å². The van der Waals surface area contributed by atoms with Crippen LogP contribution < -0.4 is 14.8 Å². The summed E-state index contributed by atoms with van der Waals surface area (Å²) >= 11 is 0. The van der Waals surface area contributed by atoms with Crippen LogP contribution in [0.3, 0.4) is 0 Å². The minimum Gasteiger partial charge on any atom is -0.493 e. The molecule has 1 N–H and O–H groups in total. The maximum absolute atomic E-state index is 13.4. The maximum atomic E-state index is 13.4. The second-order valence-electron chi connectivity index (χ2n) is 8.69. The fraction of sp³-hybridized carbons (Fsp3) is 0.519. The lowest BCUT2D eigenvalue weighted by molar-refractivity contribution is -0.144. The molecule has 7 heteroatoms. The number of nitrogens with one attached hydrogen (secondary N) is 1. The number of pyridine rings is 1. The Labute approximate surface area is 202 Å². The third-order valence-corrected chi connectivity index (χ3v) is 6.42. The Balaban J connectivity index is 1.76. The number of methoxy groups -OCH3 is 1. The summed E-state index contributed by atoms with van der Waals surface area (Å²) in [5.41, 5.74) is 1.88. The van der Waals surface area contributed by atoms with E-state index in [4.69, 9.17) is 9.47 Å². The highest BCUT2D eigenvalue weighted by Crippen LogP contribution is 2.30. The first kappa shape index (κ1) is 25.5. The molecule has 2 amide bonds. The van der Waals surface area contributed by atoms with E-state index in [0.717, 1.165) is 36.9 Å². The average Bonchev–Trinajstić information content (AvgIpc) is 3.08. The van der Waals surface area contributed by atoms with Gasteiger partial charge >= 0.3 is 0 Å². The molecule has 0 saturated carbocycles. The molecule has 1 fully saturated rings. The van der Waals surface area contributed by atoms with Crippen molar-refractivity contribution in [2.75, 3.05) is 20.3 Å². The number of aromatic nitrogens is 1. The third kappa shape index (κ3) is 6.72. The van der Waals surface area contributed by atoms with Gasteiger partial charge in [0.15, 0.2) is 11.5 Å². The van der Waals surface area contributed by atoms with E-state index in [2.05, 4.69) is 10.3 Å². The first-order valence-corrected chi connectivity index (χ1v) is 12.3. The SMILES string of the molecule is CCC(CC)C(=O)N(Cc1ccc(OCCc2ccccn2)c(OC)c1)[C@H]1CCCCNC1=O. The Morgan fingerprint density at radius 1 is 1.18 bits per heavy atom. The van der Waals surface area contributed by atoms with Gasteiger partial charge in [0.05, 0.1) is 13.7 Å². The fourth-order valence-corrected chi connectivity index (χ4v) is 4.37. The van der Waals surface area contributed by atoms with Gasteiger partial charge < -0.3 is 19.7 Å². The molecule has 1 atom stereocenters. The van der Waals surface area contributed by atoms with E-state index in [-0.39, 0.29) is 17.7 Å². The number of amides is 2. The molecule has 1 saturated heterocycles. The van der Waals surface area contributed by atoms with Crippen LogP contribution in [0.2, 0.25) is 0 Å². The van der Waals surface area contributed by atoms with E-state index in [1.807, 2.05) is 50.2 Å². The summed E-state index contributed by atoms with van der Waals surface area (Å²) in [5.74, 6) is 1.15. The lowest BCUT2D eigenvalue weighted by Gasteiger charge is -2.33. The molecule has 3 rings (SSSR count). The molecule has 7 nitrogen and oxygen atoms in total. The van der Waals surface area contributed by atoms with Crippen LogP contribution >= 0.6 is 0 Å². The Kier molecular flexibility index (Phi) is 9.74. The van der Waals surface area contributed by atoms with Gasteiger partial charge in [-0.15, -0.1) is 0 Å². The van der Waals surface area contributed by atoms with Gasteiger partial charge in [0.25, 0.3) is 0 Å². The van der Waals surface area contributed by atoms with E-state index >= 15 is 0 Å². The van der Waals surface area contributed by atoms with E-state index in [9.17, 15) is 9.59 Å². The fourth-order valence-electron chi connectivity index (χ4n) is 4.37. The number of rotatable bonds is 11. The number of nitrogens with zero attached hydrogens (tertiary/aromatic N) is 2. The summed E-state index contributed by atoms with van der Waals surface area (Å²) < 4.78 is 11.5. The third-order valence-electron chi connectivity index (χ3n) is 6.42. The summed E-state index contributed by atoms with van der Waals surface area (Å²) in [6.07, 6.45) is 6.52. The van der Waals surface area contributed by atoms with Crippen LogP contribution in [-0.4, -0.2) is 48.0 Å². The highest BCUT2D eigenvalue weighted by Gasteiger charge is 2.33. The lowest BCUT2D eigenvalue weighted by Crippen LogP contribution is -2.50. The van der Waals surface area contributed by atoms with Crippen molar-refractivity contribution in [1.82, 2.24) is 15.2 Å².